The van der Waals surface area contributed by atoms with E-state index in [-0.39, 0.29) is 0 Å². The molecule has 0 amide bonds. The Bertz CT molecular complexity index is 308. The number of Topliss-reactive ketones (excluding diaryl/α,β-unsaturated/α-hetero) is 1. The minimum atomic E-state index is 0.328. The van der Waals surface area contributed by atoms with Gasteiger partial charge in [-0.3, -0.25) is 4.79 Å². The molecule has 0 aliphatic rings. The van der Waals surface area contributed by atoms with E-state index in [2.05, 4.69) is 29.5 Å². The van der Waals surface area contributed by atoms with Gasteiger partial charge in [0.25, 0.3) is 0 Å². The molecule has 0 aliphatic heterocycles. The predicted molar refractivity (Wildman–Crippen MR) is 75.5 cm³/mol. The smallest absolute Gasteiger partial charge is 0.147 e. The maximum absolute atomic E-state index is 11.5. The predicted octanol–water partition coefficient (Wildman–Crippen LogP) is 3.55. The van der Waals surface area contributed by atoms with Gasteiger partial charge in [0.1, 0.15) is 5.78 Å². The maximum Gasteiger partial charge on any atom is 0.147 e. The van der Waals surface area contributed by atoms with Gasteiger partial charge in [-0.05, 0) is 52.5 Å². The van der Waals surface area contributed by atoms with Gasteiger partial charge in [-0.2, -0.15) is 11.8 Å². The summed E-state index contributed by atoms with van der Waals surface area (Å²) >= 11 is 4.00. The molecule has 0 spiro atoms. The van der Waals surface area contributed by atoms with E-state index >= 15 is 0 Å². The van der Waals surface area contributed by atoms with Crippen molar-refractivity contribution in [2.24, 2.45) is 0 Å². The van der Waals surface area contributed by atoms with Crippen LogP contribution in [0.4, 0.5) is 0 Å². The Morgan fingerprint density at radius 1 is 1.33 bits per heavy atom. The third-order valence-corrected chi connectivity index (χ3v) is 3.87. The van der Waals surface area contributed by atoms with E-state index in [1.54, 1.807) is 11.8 Å². The highest BCUT2D eigenvalue weighted by molar-refractivity contribution is 14.1. The molecule has 0 saturated heterocycles. The molecule has 0 aliphatic carbocycles. The molecule has 0 atom stereocenters. The quantitative estimate of drug-likeness (QED) is 0.585. The zero-order chi connectivity index (χ0) is 11.1. The van der Waals surface area contributed by atoms with E-state index in [1.165, 1.54) is 3.57 Å². The fraction of sp³-hybridized carbons (Fsp3) is 0.417. The SMILES string of the molecule is CCCSCC(=O)Cc1ccc(I)cc1. The van der Waals surface area contributed by atoms with Gasteiger partial charge in [0.15, 0.2) is 0 Å². The number of thioether (sulfide) groups is 1. The van der Waals surface area contributed by atoms with Crippen molar-refractivity contribution >= 4 is 40.1 Å². The highest BCUT2D eigenvalue weighted by Gasteiger charge is 2.03. The van der Waals surface area contributed by atoms with Crippen LogP contribution in [0.5, 0.6) is 0 Å². The first-order chi connectivity index (χ1) is 7.22. The summed E-state index contributed by atoms with van der Waals surface area (Å²) in [5.74, 6) is 2.06. The lowest BCUT2D eigenvalue weighted by molar-refractivity contribution is -0.116. The average molecular weight is 334 g/mol. The van der Waals surface area contributed by atoms with Gasteiger partial charge in [0.05, 0.1) is 5.75 Å². The van der Waals surface area contributed by atoms with Crippen LogP contribution in [0.3, 0.4) is 0 Å². The first-order valence-corrected chi connectivity index (χ1v) is 7.29. The van der Waals surface area contributed by atoms with Crippen LogP contribution >= 0.6 is 34.4 Å². The molecule has 1 nitrogen and oxygen atoms in total. The van der Waals surface area contributed by atoms with Crippen molar-refractivity contribution in [2.45, 2.75) is 19.8 Å². The lowest BCUT2D eigenvalue weighted by atomic mass is 10.1. The van der Waals surface area contributed by atoms with Crippen molar-refractivity contribution in [3.63, 3.8) is 0 Å². The molecule has 15 heavy (non-hydrogen) atoms. The van der Waals surface area contributed by atoms with E-state index < -0.39 is 0 Å². The molecule has 82 valence electrons. The van der Waals surface area contributed by atoms with Crippen LogP contribution in [-0.4, -0.2) is 17.3 Å². The second-order valence-electron chi connectivity index (χ2n) is 3.39. The first-order valence-electron chi connectivity index (χ1n) is 5.06. The molecule has 0 N–H and O–H groups in total. The third kappa shape index (κ3) is 5.56. The summed E-state index contributed by atoms with van der Waals surface area (Å²) in [7, 11) is 0. The van der Waals surface area contributed by atoms with E-state index in [1.807, 2.05) is 24.3 Å². The number of rotatable bonds is 6. The summed E-state index contributed by atoms with van der Waals surface area (Å²) in [6.45, 7) is 2.14. The van der Waals surface area contributed by atoms with E-state index in [0.29, 0.717) is 18.0 Å². The van der Waals surface area contributed by atoms with Crippen LogP contribution in [0.2, 0.25) is 0 Å². The molecule has 0 heterocycles. The van der Waals surface area contributed by atoms with Crippen molar-refractivity contribution in [1.82, 2.24) is 0 Å². The third-order valence-electron chi connectivity index (χ3n) is 1.93. The van der Waals surface area contributed by atoms with Crippen LogP contribution < -0.4 is 0 Å². The lowest BCUT2D eigenvalue weighted by Gasteiger charge is -2.01. The number of hydrogen-bond acceptors (Lipinski definition) is 2. The van der Waals surface area contributed by atoms with Gasteiger partial charge in [-0.15, -0.1) is 0 Å². The monoisotopic (exact) mass is 334 g/mol. The second-order valence-corrected chi connectivity index (χ2v) is 5.75. The summed E-state index contributed by atoms with van der Waals surface area (Å²) in [5, 5.41) is 0. The van der Waals surface area contributed by atoms with Crippen LogP contribution in [0.15, 0.2) is 24.3 Å². The van der Waals surface area contributed by atoms with E-state index in [9.17, 15) is 4.79 Å². The highest BCUT2D eigenvalue weighted by atomic mass is 127. The van der Waals surface area contributed by atoms with E-state index in [4.69, 9.17) is 0 Å². The van der Waals surface area contributed by atoms with E-state index in [0.717, 1.165) is 17.7 Å². The van der Waals surface area contributed by atoms with Crippen molar-refractivity contribution in [3.05, 3.63) is 33.4 Å². The van der Waals surface area contributed by atoms with Crippen molar-refractivity contribution in [1.29, 1.82) is 0 Å². The minimum Gasteiger partial charge on any atom is -0.298 e. The maximum atomic E-state index is 11.5. The minimum absolute atomic E-state index is 0.328. The topological polar surface area (TPSA) is 17.1 Å². The highest BCUT2D eigenvalue weighted by Crippen LogP contribution is 2.09. The molecule has 1 aromatic carbocycles. The fourth-order valence-corrected chi connectivity index (χ4v) is 2.33. The Morgan fingerprint density at radius 3 is 2.60 bits per heavy atom. The molecule has 0 saturated carbocycles. The second kappa shape index (κ2) is 7.28. The standard InChI is InChI=1S/C12H15IOS/c1-2-7-15-9-12(14)8-10-3-5-11(13)6-4-10/h3-6H,2,7-9H2,1H3. The summed E-state index contributed by atoms with van der Waals surface area (Å²) < 4.78 is 1.21. The van der Waals surface area contributed by atoms with Crippen LogP contribution in [0, 0.1) is 3.57 Å². The molecular formula is C12H15IOS. The molecule has 0 fully saturated rings. The Morgan fingerprint density at radius 2 is 2.00 bits per heavy atom. The lowest BCUT2D eigenvalue weighted by Crippen LogP contribution is -2.06. The summed E-state index contributed by atoms with van der Waals surface area (Å²) in [4.78, 5) is 11.5. The van der Waals surface area contributed by atoms with Gasteiger partial charge in [0, 0.05) is 9.99 Å². The van der Waals surface area contributed by atoms with Gasteiger partial charge >= 0.3 is 0 Å². The summed E-state index contributed by atoms with van der Waals surface area (Å²) in [6, 6.07) is 8.15. The first kappa shape index (κ1) is 13.0. The van der Waals surface area contributed by atoms with Crippen LogP contribution in [-0.2, 0) is 11.2 Å². The largest absolute Gasteiger partial charge is 0.298 e. The number of ketones is 1. The molecule has 3 heteroatoms. The number of benzene rings is 1. The summed E-state index contributed by atoms with van der Waals surface area (Å²) in [5.41, 5.74) is 1.12. The zero-order valence-corrected chi connectivity index (χ0v) is 11.8. The number of carbonyl (C=O) groups is 1. The number of hydrogen-bond donors (Lipinski definition) is 0. The Hall–Kier alpha value is -0.0300. The Labute approximate surface area is 109 Å². The number of carbonyl (C=O) groups excluding carboxylic acids is 1. The molecule has 0 radical (unpaired) electrons. The zero-order valence-electron chi connectivity index (χ0n) is 8.83. The van der Waals surface area contributed by atoms with Crippen molar-refractivity contribution in [3.8, 4) is 0 Å². The Balaban J connectivity index is 2.34. The van der Waals surface area contributed by atoms with Gasteiger partial charge in [-0.1, -0.05) is 19.1 Å². The number of halogens is 1. The normalized spacial score (nSPS) is 10.3. The molecule has 0 aromatic heterocycles. The fourth-order valence-electron chi connectivity index (χ4n) is 1.21. The van der Waals surface area contributed by atoms with Crippen molar-refractivity contribution in [2.75, 3.05) is 11.5 Å². The Kier molecular flexibility index (Phi) is 6.32. The van der Waals surface area contributed by atoms with Gasteiger partial charge in [-0.25, -0.2) is 0 Å². The van der Waals surface area contributed by atoms with Gasteiger partial charge in [0.2, 0.25) is 0 Å². The van der Waals surface area contributed by atoms with Crippen LogP contribution in [0.1, 0.15) is 18.9 Å². The molecule has 0 bridgehead atoms. The molecular weight excluding hydrogens is 319 g/mol. The molecule has 1 aromatic rings. The van der Waals surface area contributed by atoms with Crippen LogP contribution in [0.25, 0.3) is 0 Å². The molecule has 0 unspecified atom stereocenters. The average Bonchev–Trinajstić information content (AvgIpc) is 2.22. The van der Waals surface area contributed by atoms with Crippen molar-refractivity contribution < 1.29 is 4.79 Å². The van der Waals surface area contributed by atoms with Gasteiger partial charge < -0.3 is 0 Å². The molecule has 1 rings (SSSR count). The summed E-state index contributed by atoms with van der Waals surface area (Å²) in [6.07, 6.45) is 1.72.